The van der Waals surface area contributed by atoms with Crippen LogP contribution in [0.2, 0.25) is 0 Å². The van der Waals surface area contributed by atoms with E-state index in [-0.39, 0.29) is 31.1 Å². The number of aliphatic carboxylic acids is 1. The number of rotatable bonds is 4. The van der Waals surface area contributed by atoms with Crippen LogP contribution in [-0.2, 0) is 4.79 Å². The number of benzene rings is 2. The first-order valence-corrected chi connectivity index (χ1v) is 5.65. The topological polar surface area (TPSA) is 66.4 Å². The smallest absolute Gasteiger partial charge is 0.480 e. The molecule has 0 unspecified atom stereocenters. The molecule has 2 aromatic rings. The van der Waals surface area contributed by atoms with Crippen molar-refractivity contribution >= 4 is 11.9 Å². The van der Waals surface area contributed by atoms with E-state index in [1.807, 2.05) is 18.2 Å². The third-order valence-electron chi connectivity index (χ3n) is 2.47. The summed E-state index contributed by atoms with van der Waals surface area (Å²) < 4.78 is 0. The van der Waals surface area contributed by atoms with Crippen molar-refractivity contribution in [3.05, 3.63) is 60.2 Å². The maximum atomic E-state index is 11.6. The molecule has 0 radical (unpaired) electrons. The van der Waals surface area contributed by atoms with Crippen molar-refractivity contribution in [1.29, 1.82) is 0 Å². The molecule has 2 rings (SSSR count). The van der Waals surface area contributed by atoms with Gasteiger partial charge in [-0.2, -0.15) is 36.4 Å². The molecular weight excluding hydrogens is 480 g/mol. The first-order chi connectivity index (χ1) is 9.16. The molecule has 1 amide bonds. The van der Waals surface area contributed by atoms with Gasteiger partial charge in [-0.05, 0) is 5.56 Å². The quantitative estimate of drug-likeness (QED) is 0.642. The van der Waals surface area contributed by atoms with Crippen LogP contribution in [0.3, 0.4) is 0 Å². The van der Waals surface area contributed by atoms with Gasteiger partial charge in [0.05, 0.1) is 0 Å². The van der Waals surface area contributed by atoms with Crippen LogP contribution in [0.15, 0.2) is 42.5 Å². The zero-order valence-electron chi connectivity index (χ0n) is 10.5. The van der Waals surface area contributed by atoms with Crippen LogP contribution < -0.4 is 5.32 Å². The second-order valence-corrected chi connectivity index (χ2v) is 3.84. The molecule has 0 bridgehead atoms. The SMILES string of the molecule is O=C(O)CNC(=O)c1c[c-]c(-c2[c-]cccc2)cc1.[U+2]. The van der Waals surface area contributed by atoms with Gasteiger partial charge in [0.15, 0.2) is 0 Å². The van der Waals surface area contributed by atoms with Crippen LogP contribution in [0.25, 0.3) is 11.1 Å². The molecule has 98 valence electrons. The molecule has 2 N–H and O–H groups in total. The predicted molar refractivity (Wildman–Crippen MR) is 69.5 cm³/mol. The molecule has 4 nitrogen and oxygen atoms in total. The minimum absolute atomic E-state index is 0. The van der Waals surface area contributed by atoms with E-state index in [4.69, 9.17) is 5.11 Å². The van der Waals surface area contributed by atoms with E-state index in [0.29, 0.717) is 5.56 Å². The standard InChI is InChI=1S/C15H11NO3.U/c17-14(18)10-16-15(19)13-8-6-12(7-9-13)11-4-2-1-3-5-11;/h1-4,6,8-9H,10H2,(H,16,19)(H,17,18);/q-2;+2. The molecule has 0 aliphatic carbocycles. The Bertz CT molecular complexity index is 582. The van der Waals surface area contributed by atoms with Gasteiger partial charge in [-0.1, -0.05) is 0 Å². The fraction of sp³-hybridized carbons (Fsp3) is 0.0667. The zero-order chi connectivity index (χ0) is 13.7. The Labute approximate surface area is 140 Å². The summed E-state index contributed by atoms with van der Waals surface area (Å²) in [7, 11) is 0. The van der Waals surface area contributed by atoms with Gasteiger partial charge in [0.2, 0.25) is 5.91 Å². The van der Waals surface area contributed by atoms with Gasteiger partial charge in [-0.15, -0.1) is 18.2 Å². The van der Waals surface area contributed by atoms with Crippen LogP contribution >= 0.6 is 0 Å². The Kier molecular flexibility index (Phi) is 6.50. The predicted octanol–water partition coefficient (Wildman–Crippen LogP) is 1.77. The molecule has 5 heteroatoms. The zero-order valence-corrected chi connectivity index (χ0v) is 14.7. The Hall–Kier alpha value is -1.57. The number of nitrogens with one attached hydrogen (secondary N) is 1. The van der Waals surface area contributed by atoms with Gasteiger partial charge in [0.25, 0.3) is 0 Å². The fourth-order valence-corrected chi connectivity index (χ4v) is 1.55. The van der Waals surface area contributed by atoms with Gasteiger partial charge in [-0.25, -0.2) is 11.1 Å². The molecule has 0 atom stereocenters. The second kappa shape index (κ2) is 7.89. The van der Waals surface area contributed by atoms with Crippen molar-refractivity contribution in [2.24, 2.45) is 0 Å². The van der Waals surface area contributed by atoms with Crippen LogP contribution in [0, 0.1) is 43.2 Å². The minimum atomic E-state index is -1.08. The molecule has 0 fully saturated rings. The minimum Gasteiger partial charge on any atom is -0.480 e. The van der Waals surface area contributed by atoms with Gasteiger partial charge < -0.3 is 10.4 Å². The summed E-state index contributed by atoms with van der Waals surface area (Å²) >= 11 is 0. The number of carbonyl (C=O) groups is 2. The fourth-order valence-electron chi connectivity index (χ4n) is 1.55. The number of carbonyl (C=O) groups excluding carboxylic acids is 1. The van der Waals surface area contributed by atoms with Crippen molar-refractivity contribution in [2.75, 3.05) is 6.54 Å². The van der Waals surface area contributed by atoms with Crippen LogP contribution in [0.5, 0.6) is 0 Å². The summed E-state index contributed by atoms with van der Waals surface area (Å²) in [6.07, 6.45) is 0. The van der Waals surface area contributed by atoms with E-state index in [9.17, 15) is 9.59 Å². The molecule has 0 aromatic heterocycles. The first-order valence-electron chi connectivity index (χ1n) is 5.65. The van der Waals surface area contributed by atoms with Gasteiger partial charge in [0.1, 0.15) is 6.54 Å². The Morgan fingerprint density at radius 1 is 1.10 bits per heavy atom. The van der Waals surface area contributed by atoms with E-state index in [0.717, 1.165) is 11.1 Å². The summed E-state index contributed by atoms with van der Waals surface area (Å²) in [5.74, 6) is -1.50. The van der Waals surface area contributed by atoms with Gasteiger partial charge in [0, 0.05) is 0 Å². The third-order valence-corrected chi connectivity index (χ3v) is 2.47. The van der Waals surface area contributed by atoms with Gasteiger partial charge >= 0.3 is 37.1 Å². The maximum Gasteiger partial charge on any atom is 2.00 e. The Morgan fingerprint density at radius 3 is 2.40 bits per heavy atom. The van der Waals surface area contributed by atoms with Crippen molar-refractivity contribution < 1.29 is 45.8 Å². The van der Waals surface area contributed by atoms with Crippen molar-refractivity contribution in [1.82, 2.24) is 5.32 Å². The van der Waals surface area contributed by atoms with Crippen LogP contribution in [0.1, 0.15) is 10.4 Å². The molecule has 0 heterocycles. The van der Waals surface area contributed by atoms with E-state index >= 15 is 0 Å². The Morgan fingerprint density at radius 2 is 1.85 bits per heavy atom. The summed E-state index contributed by atoms with van der Waals surface area (Å²) in [6.45, 7) is -0.396. The van der Waals surface area contributed by atoms with Gasteiger partial charge in [-0.3, -0.25) is 9.59 Å². The largest absolute Gasteiger partial charge is 2.00 e. The summed E-state index contributed by atoms with van der Waals surface area (Å²) in [5.41, 5.74) is 2.09. The van der Waals surface area contributed by atoms with Crippen LogP contribution in [0.4, 0.5) is 0 Å². The monoisotopic (exact) mass is 491 g/mol. The summed E-state index contributed by atoms with van der Waals surface area (Å²) in [6, 6.07) is 18.4. The number of carboxylic acids is 1. The van der Waals surface area contributed by atoms with E-state index < -0.39 is 18.4 Å². The number of amides is 1. The second-order valence-electron chi connectivity index (χ2n) is 3.84. The average molecular weight is 491 g/mol. The van der Waals surface area contributed by atoms with Crippen LogP contribution in [-0.4, -0.2) is 23.5 Å². The number of hydrogen-bond donors (Lipinski definition) is 2. The number of carboxylic acid groups (broad SMARTS) is 1. The first kappa shape index (κ1) is 16.5. The molecule has 0 saturated carbocycles. The Balaban J connectivity index is 0.00000200. The van der Waals surface area contributed by atoms with E-state index in [1.165, 1.54) is 6.07 Å². The number of hydrogen-bond acceptors (Lipinski definition) is 2. The molecular formula is C15H11NO3U. The molecule has 20 heavy (non-hydrogen) atoms. The molecule has 0 aliphatic heterocycles. The molecule has 0 saturated heterocycles. The third kappa shape index (κ3) is 4.52. The maximum absolute atomic E-state index is 11.6. The van der Waals surface area contributed by atoms with E-state index in [1.54, 1.807) is 18.2 Å². The van der Waals surface area contributed by atoms with Crippen molar-refractivity contribution in [2.45, 2.75) is 0 Å². The molecule has 0 aliphatic rings. The van der Waals surface area contributed by atoms with Crippen molar-refractivity contribution in [3.63, 3.8) is 0 Å². The van der Waals surface area contributed by atoms with E-state index in [2.05, 4.69) is 17.4 Å². The molecule has 2 aromatic carbocycles. The van der Waals surface area contributed by atoms with Crippen molar-refractivity contribution in [3.8, 4) is 11.1 Å². The molecule has 0 spiro atoms. The summed E-state index contributed by atoms with van der Waals surface area (Å²) in [4.78, 5) is 21.9. The normalized spacial score (nSPS) is 9.40. The summed E-state index contributed by atoms with van der Waals surface area (Å²) in [5, 5.41) is 10.8. The average Bonchev–Trinajstić information content (AvgIpc) is 2.46.